The maximum absolute atomic E-state index is 11.9. The van der Waals surface area contributed by atoms with Gasteiger partial charge in [-0.2, -0.15) is 0 Å². The van der Waals surface area contributed by atoms with E-state index < -0.39 is 36.1 Å². The van der Waals surface area contributed by atoms with E-state index in [1.54, 1.807) is 36.5 Å². The molecule has 132 valence electrons. The number of nitrogens with zero attached hydrogens (tertiary/aromatic N) is 1. The largest absolute Gasteiger partial charge is 0.507 e. The van der Waals surface area contributed by atoms with Gasteiger partial charge in [0, 0.05) is 13.1 Å². The summed E-state index contributed by atoms with van der Waals surface area (Å²) in [4.78, 5) is 35.1. The number of aliphatic hydroxyl groups excluding tert-OH is 2. The summed E-state index contributed by atoms with van der Waals surface area (Å²) in [6.07, 6.45) is 14.8. The van der Waals surface area contributed by atoms with Crippen molar-refractivity contribution in [3.63, 3.8) is 0 Å². The maximum atomic E-state index is 11.9. The van der Waals surface area contributed by atoms with Gasteiger partial charge in [-0.25, -0.2) is 4.79 Å². The molecule has 0 bridgehead atoms. The van der Waals surface area contributed by atoms with Crippen molar-refractivity contribution in [3.8, 4) is 0 Å². The summed E-state index contributed by atoms with van der Waals surface area (Å²) < 4.78 is 0. The van der Waals surface area contributed by atoms with Crippen LogP contribution in [0.4, 0.5) is 0 Å². The molecule has 0 saturated carbocycles. The molecule has 0 spiro atoms. The first-order valence-electron chi connectivity index (χ1n) is 7.33. The molecule has 0 aromatic carbocycles. The van der Waals surface area contributed by atoms with E-state index in [1.807, 2.05) is 0 Å². The number of allylic oxidation sites excluding steroid dienone is 9. The van der Waals surface area contributed by atoms with Crippen LogP contribution in [0.3, 0.4) is 0 Å². The number of aliphatic carboxylic acids is 1. The Balaban J connectivity index is 2.65. The fourth-order valence-corrected chi connectivity index (χ4v) is 1.96. The van der Waals surface area contributed by atoms with Gasteiger partial charge >= 0.3 is 5.97 Å². The summed E-state index contributed by atoms with van der Waals surface area (Å²) >= 11 is 0. The molecule has 25 heavy (non-hydrogen) atoms. The zero-order valence-corrected chi connectivity index (χ0v) is 13.6. The van der Waals surface area contributed by atoms with Gasteiger partial charge in [0.2, 0.25) is 0 Å². The molecule has 0 unspecified atom stereocenters. The van der Waals surface area contributed by atoms with Crippen LogP contribution in [0.1, 0.15) is 0 Å². The van der Waals surface area contributed by atoms with E-state index in [1.165, 1.54) is 25.3 Å². The van der Waals surface area contributed by atoms with E-state index in [4.69, 9.17) is 10.2 Å². The number of likely N-dealkylation sites (N-methyl/N-ethyl adjacent to an activating group) is 1. The number of hydrogen-bond donors (Lipinski definition) is 3. The molecule has 1 rings (SSSR count). The van der Waals surface area contributed by atoms with Gasteiger partial charge in [-0.05, 0) is 6.08 Å². The number of Topliss-reactive ketones (excluding diaryl/α,β-unsaturated/α-hetero) is 1. The summed E-state index contributed by atoms with van der Waals surface area (Å²) in [5, 5.41) is 27.4. The lowest BCUT2D eigenvalue weighted by Crippen LogP contribution is -2.34. The summed E-state index contributed by atoms with van der Waals surface area (Å²) in [5.41, 5.74) is -0.338. The van der Waals surface area contributed by atoms with Crippen LogP contribution < -0.4 is 0 Å². The number of carboxylic acids is 1. The number of likely N-dealkylation sites (tertiary alicyclic amines) is 1. The van der Waals surface area contributed by atoms with Gasteiger partial charge < -0.3 is 20.2 Å². The zero-order chi connectivity index (χ0) is 18.8. The first-order chi connectivity index (χ1) is 11.9. The van der Waals surface area contributed by atoms with Crippen LogP contribution in [-0.2, 0) is 14.4 Å². The predicted molar refractivity (Wildman–Crippen MR) is 91.6 cm³/mol. The highest BCUT2D eigenvalue weighted by molar-refractivity contribution is 6.27. The topological polar surface area (TPSA) is 115 Å². The molecular weight excluding hydrogens is 326 g/mol. The predicted octanol–water partition coefficient (Wildman–Crippen LogP) is 1.07. The normalized spacial score (nSPS) is 21.2. The van der Waals surface area contributed by atoms with Crippen LogP contribution in [0.25, 0.3) is 0 Å². The van der Waals surface area contributed by atoms with Crippen LogP contribution in [0.15, 0.2) is 72.1 Å². The Hall–Kier alpha value is -3.19. The molecule has 1 aliphatic rings. The van der Waals surface area contributed by atoms with Gasteiger partial charge in [-0.1, -0.05) is 48.6 Å². The van der Waals surface area contributed by atoms with E-state index in [9.17, 15) is 19.5 Å². The Morgan fingerprint density at radius 3 is 1.88 bits per heavy atom. The van der Waals surface area contributed by atoms with Gasteiger partial charge in [-0.3, -0.25) is 9.59 Å². The molecule has 0 aromatic rings. The Morgan fingerprint density at radius 2 is 1.44 bits per heavy atom. The lowest BCUT2D eigenvalue weighted by Gasteiger charge is -2.13. The van der Waals surface area contributed by atoms with Crippen LogP contribution in [0.5, 0.6) is 0 Å². The molecule has 7 heteroatoms. The average Bonchev–Trinajstić information content (AvgIpc) is 2.78. The molecular formula is C18H19NO6. The zero-order valence-electron chi connectivity index (χ0n) is 13.6. The summed E-state index contributed by atoms with van der Waals surface area (Å²) in [7, 11) is 1.38. The van der Waals surface area contributed by atoms with Gasteiger partial charge in [0.15, 0.2) is 5.78 Å². The number of rotatable bonds is 7. The Morgan fingerprint density at radius 1 is 0.960 bits per heavy atom. The van der Waals surface area contributed by atoms with E-state index in [0.717, 1.165) is 11.0 Å². The molecule has 0 radical (unpaired) electrons. The Kier molecular flexibility index (Phi) is 7.81. The van der Waals surface area contributed by atoms with Crippen molar-refractivity contribution >= 4 is 17.7 Å². The van der Waals surface area contributed by atoms with Crippen molar-refractivity contribution in [3.05, 3.63) is 72.1 Å². The summed E-state index contributed by atoms with van der Waals surface area (Å²) in [6.45, 7) is -0.499. The number of carboxylic acid groups (broad SMARTS) is 1. The van der Waals surface area contributed by atoms with E-state index in [-0.39, 0.29) is 5.57 Å². The lowest BCUT2D eigenvalue weighted by molar-refractivity contribution is -0.131. The number of aliphatic hydroxyl groups is 2. The lowest BCUT2D eigenvalue weighted by atomic mass is 10.1. The van der Waals surface area contributed by atoms with E-state index in [0.29, 0.717) is 0 Å². The SMILES string of the molecule is CN1C(=O)/C(=C(O)/C=C/C=C/C=C/C=C/C=C/C(=O)O)C(=O)[C@@H]1CO. The minimum Gasteiger partial charge on any atom is -0.507 e. The summed E-state index contributed by atoms with van der Waals surface area (Å²) in [5.74, 6) is -2.72. The molecule has 1 fully saturated rings. The molecule has 1 saturated heterocycles. The fourth-order valence-electron chi connectivity index (χ4n) is 1.96. The van der Waals surface area contributed by atoms with Crippen LogP contribution in [0, 0.1) is 0 Å². The third kappa shape index (κ3) is 5.74. The molecule has 1 amide bonds. The minimum atomic E-state index is -1.02. The second-order valence-electron chi connectivity index (χ2n) is 4.95. The molecule has 1 atom stereocenters. The van der Waals surface area contributed by atoms with Gasteiger partial charge in [0.25, 0.3) is 5.91 Å². The van der Waals surface area contributed by atoms with Crippen LogP contribution >= 0.6 is 0 Å². The van der Waals surface area contributed by atoms with E-state index >= 15 is 0 Å². The van der Waals surface area contributed by atoms with Crippen molar-refractivity contribution < 1.29 is 29.7 Å². The molecule has 0 aromatic heterocycles. The third-order valence-corrected chi connectivity index (χ3v) is 3.25. The monoisotopic (exact) mass is 345 g/mol. The van der Waals surface area contributed by atoms with Gasteiger partial charge in [-0.15, -0.1) is 0 Å². The Bertz CT molecular complexity index is 709. The van der Waals surface area contributed by atoms with Crippen LogP contribution in [-0.4, -0.2) is 57.6 Å². The van der Waals surface area contributed by atoms with Gasteiger partial charge in [0.05, 0.1) is 6.61 Å². The molecule has 1 heterocycles. The van der Waals surface area contributed by atoms with Crippen molar-refractivity contribution in [2.24, 2.45) is 0 Å². The summed E-state index contributed by atoms with van der Waals surface area (Å²) in [6, 6.07) is -0.960. The van der Waals surface area contributed by atoms with Gasteiger partial charge in [0.1, 0.15) is 17.4 Å². The molecule has 7 nitrogen and oxygen atoms in total. The fraction of sp³-hybridized carbons (Fsp3) is 0.167. The second-order valence-corrected chi connectivity index (χ2v) is 4.95. The van der Waals surface area contributed by atoms with Crippen molar-refractivity contribution in [1.82, 2.24) is 4.90 Å². The van der Waals surface area contributed by atoms with Crippen molar-refractivity contribution in [2.45, 2.75) is 6.04 Å². The van der Waals surface area contributed by atoms with Crippen LogP contribution in [0.2, 0.25) is 0 Å². The standard InChI is InChI=1S/C18H19NO6/c1-19-13(12-20)17(24)16(18(19)25)14(21)10-8-6-4-2-3-5-7-9-11-15(22)23/h2-11,13,20-21H,12H2,1H3,(H,22,23)/b3-2+,6-4+,7-5+,10-8+,11-9+,16-14-/t13-/m0/s1. The number of hydrogen-bond acceptors (Lipinski definition) is 5. The minimum absolute atomic E-state index is 0.338. The highest BCUT2D eigenvalue weighted by atomic mass is 16.4. The highest BCUT2D eigenvalue weighted by Crippen LogP contribution is 2.21. The molecule has 3 N–H and O–H groups in total. The maximum Gasteiger partial charge on any atom is 0.328 e. The number of amides is 1. The third-order valence-electron chi connectivity index (χ3n) is 3.25. The Labute approximate surface area is 144 Å². The quantitative estimate of drug-likeness (QED) is 0.275. The first kappa shape index (κ1) is 19.9. The molecule has 0 aliphatic carbocycles. The van der Waals surface area contributed by atoms with Crippen molar-refractivity contribution in [1.29, 1.82) is 0 Å². The second kappa shape index (κ2) is 9.84. The smallest absolute Gasteiger partial charge is 0.328 e. The number of carbonyl (C=O) groups is 3. The number of carbonyl (C=O) groups excluding carboxylic acids is 2. The van der Waals surface area contributed by atoms with E-state index in [2.05, 4.69) is 0 Å². The average molecular weight is 345 g/mol. The molecule has 1 aliphatic heterocycles. The highest BCUT2D eigenvalue weighted by Gasteiger charge is 2.42. The first-order valence-corrected chi connectivity index (χ1v) is 7.33. The van der Waals surface area contributed by atoms with Crippen molar-refractivity contribution in [2.75, 3.05) is 13.7 Å². The number of ketones is 1.